The van der Waals surface area contributed by atoms with Gasteiger partial charge in [0.1, 0.15) is 5.69 Å². The molecule has 0 aromatic carbocycles. The molecular weight excluding hydrogens is 240 g/mol. The molecule has 0 radical (unpaired) electrons. The topological polar surface area (TPSA) is 48.1 Å². The zero-order valence-corrected chi connectivity index (χ0v) is 11.0. The van der Waals surface area contributed by atoms with Crippen molar-refractivity contribution in [2.45, 2.75) is 44.9 Å². The summed E-state index contributed by atoms with van der Waals surface area (Å²) in [5.41, 5.74) is 3.19. The van der Waals surface area contributed by atoms with Gasteiger partial charge in [-0.15, -0.1) is 0 Å². The minimum Gasteiger partial charge on any atom is -0.428 e. The number of rotatable bonds is 1. The second kappa shape index (κ2) is 5.03. The first-order chi connectivity index (χ1) is 9.27. The van der Waals surface area contributed by atoms with Gasteiger partial charge >= 0.3 is 0 Å². The van der Waals surface area contributed by atoms with Crippen LogP contribution in [0.2, 0.25) is 0 Å². The molecule has 1 heterocycles. The maximum absolute atomic E-state index is 12.2. The van der Waals surface area contributed by atoms with Crippen LogP contribution < -0.4 is 4.43 Å². The van der Waals surface area contributed by atoms with Gasteiger partial charge in [-0.1, -0.05) is 24.6 Å². The maximum Gasteiger partial charge on any atom is 0.262 e. The van der Waals surface area contributed by atoms with Gasteiger partial charge in [0.05, 0.1) is 4.43 Å². The van der Waals surface area contributed by atoms with Crippen LogP contribution >= 0.6 is 0 Å². The van der Waals surface area contributed by atoms with Crippen molar-refractivity contribution in [3.05, 3.63) is 46.4 Å². The molecule has 0 saturated carbocycles. The van der Waals surface area contributed by atoms with Crippen LogP contribution in [0.15, 0.2) is 24.4 Å². The second-order valence-electron chi connectivity index (χ2n) is 5.26. The quantitative estimate of drug-likeness (QED) is 0.479. The van der Waals surface area contributed by atoms with E-state index >= 15 is 0 Å². The molecule has 1 aromatic heterocycles. The van der Waals surface area contributed by atoms with Crippen molar-refractivity contribution in [1.82, 2.24) is 4.73 Å². The highest BCUT2D eigenvalue weighted by molar-refractivity contribution is 5.65. The standard InChI is InChI=1S/C15H19N2O2/c18-16-11-15(12-7-3-1-4-8-12)17(19)14-10-6-2-5-9-13(14)16/h1,3,7,11,19H,2,4-6,8-10H2/q+1. The maximum atomic E-state index is 12.2. The molecule has 0 amide bonds. The Balaban J connectivity index is 2.14. The summed E-state index contributed by atoms with van der Waals surface area (Å²) in [4.78, 5) is 12.2. The van der Waals surface area contributed by atoms with E-state index in [1.54, 1.807) is 0 Å². The number of fused-ring (bicyclic) bond motifs is 1. The van der Waals surface area contributed by atoms with Crippen LogP contribution in [0.3, 0.4) is 0 Å². The second-order valence-corrected chi connectivity index (χ2v) is 5.26. The summed E-state index contributed by atoms with van der Waals surface area (Å²) in [6, 6.07) is 0. The lowest BCUT2D eigenvalue weighted by Gasteiger charge is -2.13. The van der Waals surface area contributed by atoms with E-state index in [1.807, 2.05) is 12.2 Å². The van der Waals surface area contributed by atoms with Gasteiger partial charge in [-0.25, -0.2) is 0 Å². The molecule has 0 fully saturated rings. The third-order valence-corrected chi connectivity index (χ3v) is 3.99. The lowest BCUT2D eigenvalue weighted by molar-refractivity contribution is -0.507. The fourth-order valence-electron chi connectivity index (χ4n) is 2.94. The number of nitrogens with zero attached hydrogens (tertiary/aromatic N) is 2. The summed E-state index contributed by atoms with van der Waals surface area (Å²) in [6.45, 7) is 0. The molecular formula is C15H19N2O2+. The zero-order valence-electron chi connectivity index (χ0n) is 11.0. The number of hydrogen-bond donors (Lipinski definition) is 1. The summed E-state index contributed by atoms with van der Waals surface area (Å²) in [5, 5.41) is 10.4. The van der Waals surface area contributed by atoms with Gasteiger partial charge in [0.25, 0.3) is 11.9 Å². The van der Waals surface area contributed by atoms with Crippen LogP contribution in [0.5, 0.6) is 0 Å². The monoisotopic (exact) mass is 259 g/mol. The Hall–Kier alpha value is -1.84. The smallest absolute Gasteiger partial charge is 0.262 e. The molecule has 0 unspecified atom stereocenters. The highest BCUT2D eigenvalue weighted by Gasteiger charge is 2.25. The van der Waals surface area contributed by atoms with Crippen molar-refractivity contribution in [2.75, 3.05) is 0 Å². The van der Waals surface area contributed by atoms with Gasteiger partial charge in [0, 0.05) is 11.3 Å². The Bertz CT molecular complexity index is 611. The van der Waals surface area contributed by atoms with E-state index in [0.717, 1.165) is 66.3 Å². The summed E-state index contributed by atoms with van der Waals surface area (Å²) in [7, 11) is 0. The van der Waals surface area contributed by atoms with Crippen LogP contribution in [0, 0.1) is 4.91 Å². The fraction of sp³-hybridized carbons (Fsp3) is 0.467. The van der Waals surface area contributed by atoms with Crippen LogP contribution in [-0.2, 0) is 12.8 Å². The van der Waals surface area contributed by atoms with E-state index in [1.165, 1.54) is 10.9 Å². The molecule has 3 rings (SSSR count). The predicted octanol–water partition coefficient (Wildman–Crippen LogP) is 2.64. The van der Waals surface area contributed by atoms with E-state index in [4.69, 9.17) is 0 Å². The number of hydrogen-bond acceptors (Lipinski definition) is 2. The molecule has 0 spiro atoms. The van der Waals surface area contributed by atoms with Gasteiger partial charge in [-0.2, -0.15) is 4.73 Å². The first-order valence-electron chi connectivity index (χ1n) is 7.02. The average molecular weight is 259 g/mol. The number of allylic oxidation sites excluding steroid dienone is 4. The fourth-order valence-corrected chi connectivity index (χ4v) is 2.94. The predicted molar refractivity (Wildman–Crippen MR) is 72.6 cm³/mol. The van der Waals surface area contributed by atoms with Gasteiger partial charge in [-0.05, 0) is 37.7 Å². The third kappa shape index (κ3) is 2.23. The number of aromatic nitrogens is 2. The molecule has 0 saturated heterocycles. The molecule has 19 heavy (non-hydrogen) atoms. The summed E-state index contributed by atoms with van der Waals surface area (Å²) in [5.74, 6) is 0. The van der Waals surface area contributed by atoms with E-state index in [-0.39, 0.29) is 0 Å². The van der Waals surface area contributed by atoms with Crippen molar-refractivity contribution in [2.24, 2.45) is 0 Å². The molecule has 4 nitrogen and oxygen atoms in total. The minimum atomic E-state index is 0.639. The van der Waals surface area contributed by atoms with E-state index in [9.17, 15) is 10.1 Å². The molecule has 100 valence electrons. The molecule has 2 aliphatic carbocycles. The van der Waals surface area contributed by atoms with Gasteiger partial charge in [0.2, 0.25) is 0 Å². The van der Waals surface area contributed by atoms with Crippen molar-refractivity contribution in [3.8, 4) is 0 Å². The normalized spacial score (nSPS) is 18.6. The average Bonchev–Trinajstić information content (AvgIpc) is 2.70. The Morgan fingerprint density at radius 1 is 1.16 bits per heavy atom. The van der Waals surface area contributed by atoms with Crippen molar-refractivity contribution >= 4 is 5.57 Å². The van der Waals surface area contributed by atoms with Gasteiger partial charge in [-0.3, -0.25) is 0 Å². The highest BCUT2D eigenvalue weighted by Crippen LogP contribution is 2.25. The lowest BCUT2D eigenvalue weighted by Crippen LogP contribution is -2.28. The Morgan fingerprint density at radius 3 is 2.79 bits per heavy atom. The summed E-state index contributed by atoms with van der Waals surface area (Å²) in [6.07, 6.45) is 14.1. The Labute approximate surface area is 112 Å². The molecule has 0 aliphatic heterocycles. The third-order valence-electron chi connectivity index (χ3n) is 3.99. The largest absolute Gasteiger partial charge is 0.428 e. The van der Waals surface area contributed by atoms with E-state index in [0.29, 0.717) is 5.69 Å². The Kier molecular flexibility index (Phi) is 3.23. The zero-order chi connectivity index (χ0) is 13.2. The summed E-state index contributed by atoms with van der Waals surface area (Å²) >= 11 is 0. The first-order valence-corrected chi connectivity index (χ1v) is 7.02. The van der Waals surface area contributed by atoms with E-state index < -0.39 is 0 Å². The van der Waals surface area contributed by atoms with Gasteiger partial charge in [0.15, 0.2) is 5.69 Å². The van der Waals surface area contributed by atoms with Gasteiger partial charge < -0.3 is 5.21 Å². The molecule has 1 N–H and O–H groups in total. The van der Waals surface area contributed by atoms with Crippen LogP contribution in [0.1, 0.15) is 49.2 Å². The highest BCUT2D eigenvalue weighted by atomic mass is 16.5. The molecule has 2 aliphatic rings. The minimum absolute atomic E-state index is 0.639. The SMILES string of the molecule is O=[n+]1cc(C2=CC=CCC2)n(O)c2c1CCCCC2. The lowest BCUT2D eigenvalue weighted by atomic mass is 10.0. The van der Waals surface area contributed by atoms with Crippen molar-refractivity contribution in [3.63, 3.8) is 0 Å². The van der Waals surface area contributed by atoms with Crippen molar-refractivity contribution in [1.29, 1.82) is 0 Å². The van der Waals surface area contributed by atoms with E-state index in [2.05, 4.69) is 6.08 Å². The molecule has 1 aromatic rings. The first kappa shape index (κ1) is 12.2. The van der Waals surface area contributed by atoms with Crippen LogP contribution in [0.25, 0.3) is 5.57 Å². The molecule has 0 atom stereocenters. The summed E-state index contributed by atoms with van der Waals surface area (Å²) < 4.78 is 2.21. The molecule has 4 heteroatoms. The van der Waals surface area contributed by atoms with Crippen LogP contribution in [-0.4, -0.2) is 9.94 Å². The molecule has 0 bridgehead atoms. The van der Waals surface area contributed by atoms with Crippen LogP contribution in [0.4, 0.5) is 0 Å². The Morgan fingerprint density at radius 2 is 2.00 bits per heavy atom. The van der Waals surface area contributed by atoms with Crippen molar-refractivity contribution < 1.29 is 9.63 Å².